The van der Waals surface area contributed by atoms with Crippen LogP contribution in [0.2, 0.25) is 0 Å². The van der Waals surface area contributed by atoms with Crippen LogP contribution in [0, 0.1) is 23.7 Å². The van der Waals surface area contributed by atoms with E-state index >= 15 is 0 Å². The van der Waals surface area contributed by atoms with E-state index in [1.807, 2.05) is 37.3 Å². The number of cyclic esters (lactones) is 2. The average Bonchev–Trinajstić information content (AvgIpc) is 2.75. The van der Waals surface area contributed by atoms with Crippen LogP contribution in [0.25, 0.3) is 0 Å². The van der Waals surface area contributed by atoms with Gasteiger partial charge in [-0.1, -0.05) is 51.1 Å². The first kappa shape index (κ1) is 17.2. The lowest BCUT2D eigenvalue weighted by atomic mass is 9.74. The van der Waals surface area contributed by atoms with Gasteiger partial charge in [-0.3, -0.25) is 14.4 Å². The molecule has 23 heavy (non-hydrogen) atoms. The Labute approximate surface area is 135 Å². The Kier molecular flexibility index (Phi) is 5.19. The van der Waals surface area contributed by atoms with Gasteiger partial charge in [0.2, 0.25) is 0 Å². The van der Waals surface area contributed by atoms with Crippen molar-refractivity contribution in [1.82, 2.24) is 0 Å². The number of carboxylic acid groups (broad SMARTS) is 1. The molecule has 1 heterocycles. The van der Waals surface area contributed by atoms with Gasteiger partial charge in [-0.05, 0) is 23.8 Å². The first-order valence-corrected chi connectivity index (χ1v) is 7.86. The molecule has 1 aliphatic heterocycles. The van der Waals surface area contributed by atoms with Gasteiger partial charge in [-0.15, -0.1) is 0 Å². The third-order valence-electron chi connectivity index (χ3n) is 4.58. The normalized spacial score (nSPS) is 23.7. The maximum Gasteiger partial charge on any atom is 0.318 e. The highest BCUT2D eigenvalue weighted by Crippen LogP contribution is 2.39. The molecule has 1 N–H and O–H groups in total. The first-order valence-electron chi connectivity index (χ1n) is 7.86. The summed E-state index contributed by atoms with van der Waals surface area (Å²) in [5, 5.41) is 9.46. The van der Waals surface area contributed by atoms with Crippen LogP contribution in [0.15, 0.2) is 30.3 Å². The summed E-state index contributed by atoms with van der Waals surface area (Å²) in [6.07, 6.45) is 0.399. The number of hydrogen-bond acceptors (Lipinski definition) is 4. The summed E-state index contributed by atoms with van der Waals surface area (Å²) in [6.45, 7) is 5.45. The summed E-state index contributed by atoms with van der Waals surface area (Å²) in [5.74, 6) is -5.13. The number of esters is 2. The Balaban J connectivity index is 2.25. The summed E-state index contributed by atoms with van der Waals surface area (Å²) in [4.78, 5) is 35.7. The average molecular weight is 318 g/mol. The Morgan fingerprint density at radius 3 is 2.26 bits per heavy atom. The molecular weight excluding hydrogens is 296 g/mol. The Morgan fingerprint density at radius 2 is 1.74 bits per heavy atom. The molecule has 0 amide bonds. The van der Waals surface area contributed by atoms with Crippen molar-refractivity contribution in [3.05, 3.63) is 35.9 Å². The zero-order valence-electron chi connectivity index (χ0n) is 13.6. The van der Waals surface area contributed by atoms with Gasteiger partial charge in [0.15, 0.2) is 0 Å². The predicted molar refractivity (Wildman–Crippen MR) is 83.5 cm³/mol. The third-order valence-corrected chi connectivity index (χ3v) is 4.58. The van der Waals surface area contributed by atoms with E-state index in [-0.39, 0.29) is 11.8 Å². The quantitative estimate of drug-likeness (QED) is 0.644. The fourth-order valence-corrected chi connectivity index (χ4v) is 3.35. The molecule has 4 unspecified atom stereocenters. The van der Waals surface area contributed by atoms with Crippen LogP contribution in [-0.4, -0.2) is 23.0 Å². The van der Waals surface area contributed by atoms with Gasteiger partial charge in [0.05, 0.1) is 17.8 Å². The highest BCUT2D eigenvalue weighted by molar-refractivity contribution is 5.98. The highest BCUT2D eigenvalue weighted by Gasteiger charge is 2.51. The number of ether oxygens (including phenoxy) is 1. The van der Waals surface area contributed by atoms with Crippen LogP contribution in [0.5, 0.6) is 0 Å². The standard InChI is InChI=1S/C18H22O5/c1-10(2)14(16(19)20)15-13(17(21)23-18(15)22)9-11(3)12-7-5-4-6-8-12/h4-8,10-11,13-15H,9H2,1-3H3,(H,19,20). The smallest absolute Gasteiger partial charge is 0.318 e. The van der Waals surface area contributed by atoms with E-state index in [0.29, 0.717) is 6.42 Å². The van der Waals surface area contributed by atoms with Crippen molar-refractivity contribution < 1.29 is 24.2 Å². The fourth-order valence-electron chi connectivity index (χ4n) is 3.35. The molecule has 1 saturated heterocycles. The molecule has 5 nitrogen and oxygen atoms in total. The molecule has 0 radical (unpaired) electrons. The molecule has 2 rings (SSSR count). The number of carbonyl (C=O) groups excluding carboxylic acids is 2. The molecule has 0 aromatic heterocycles. The van der Waals surface area contributed by atoms with Crippen molar-refractivity contribution in [2.24, 2.45) is 23.7 Å². The molecule has 1 aliphatic rings. The minimum Gasteiger partial charge on any atom is -0.481 e. The van der Waals surface area contributed by atoms with Crippen molar-refractivity contribution in [2.45, 2.75) is 33.1 Å². The maximum atomic E-state index is 12.1. The molecule has 0 bridgehead atoms. The van der Waals surface area contributed by atoms with Gasteiger partial charge in [0, 0.05) is 0 Å². The van der Waals surface area contributed by atoms with Crippen LogP contribution < -0.4 is 0 Å². The van der Waals surface area contributed by atoms with Crippen molar-refractivity contribution in [2.75, 3.05) is 0 Å². The first-order chi connectivity index (χ1) is 10.8. The maximum absolute atomic E-state index is 12.1. The van der Waals surface area contributed by atoms with E-state index < -0.39 is 35.7 Å². The van der Waals surface area contributed by atoms with Gasteiger partial charge in [-0.2, -0.15) is 0 Å². The predicted octanol–water partition coefficient (Wildman–Crippen LogP) is 2.85. The Hall–Kier alpha value is -2.17. The van der Waals surface area contributed by atoms with E-state index in [4.69, 9.17) is 4.74 Å². The SMILES string of the molecule is CC(CC1C(=O)OC(=O)C1C(C(=O)O)C(C)C)c1ccccc1. The fraction of sp³-hybridized carbons (Fsp3) is 0.500. The minimum atomic E-state index is -1.06. The van der Waals surface area contributed by atoms with E-state index in [0.717, 1.165) is 5.56 Å². The van der Waals surface area contributed by atoms with Gasteiger partial charge >= 0.3 is 17.9 Å². The largest absolute Gasteiger partial charge is 0.481 e. The van der Waals surface area contributed by atoms with Gasteiger partial charge < -0.3 is 9.84 Å². The van der Waals surface area contributed by atoms with Crippen LogP contribution in [0.4, 0.5) is 0 Å². The zero-order valence-corrected chi connectivity index (χ0v) is 13.6. The Morgan fingerprint density at radius 1 is 1.13 bits per heavy atom. The van der Waals surface area contributed by atoms with Crippen LogP contribution in [0.1, 0.15) is 38.7 Å². The van der Waals surface area contributed by atoms with Crippen molar-refractivity contribution in [1.29, 1.82) is 0 Å². The summed E-state index contributed by atoms with van der Waals surface area (Å²) in [7, 11) is 0. The van der Waals surface area contributed by atoms with E-state index in [9.17, 15) is 19.5 Å². The lowest BCUT2D eigenvalue weighted by Crippen LogP contribution is -2.35. The van der Waals surface area contributed by atoms with E-state index in [1.54, 1.807) is 13.8 Å². The molecule has 0 saturated carbocycles. The summed E-state index contributed by atoms with van der Waals surface area (Å²) in [6, 6.07) is 9.65. The molecule has 0 aliphatic carbocycles. The second-order valence-electron chi connectivity index (χ2n) is 6.53. The molecule has 124 valence electrons. The molecule has 5 heteroatoms. The lowest BCUT2D eigenvalue weighted by molar-refractivity contribution is -0.157. The van der Waals surface area contributed by atoms with Crippen molar-refractivity contribution >= 4 is 17.9 Å². The highest BCUT2D eigenvalue weighted by atomic mass is 16.6. The van der Waals surface area contributed by atoms with Crippen LogP contribution in [-0.2, 0) is 19.1 Å². The van der Waals surface area contributed by atoms with Gasteiger partial charge in [0.1, 0.15) is 0 Å². The van der Waals surface area contributed by atoms with Crippen molar-refractivity contribution in [3.63, 3.8) is 0 Å². The molecule has 1 aromatic rings. The second kappa shape index (κ2) is 6.94. The van der Waals surface area contributed by atoms with Gasteiger partial charge in [-0.25, -0.2) is 0 Å². The number of carbonyl (C=O) groups is 3. The molecule has 0 spiro atoms. The summed E-state index contributed by atoms with van der Waals surface area (Å²) in [5.41, 5.74) is 1.05. The number of rotatable bonds is 6. The Bertz CT molecular complexity index is 593. The van der Waals surface area contributed by atoms with E-state index in [2.05, 4.69) is 0 Å². The van der Waals surface area contributed by atoms with Crippen molar-refractivity contribution in [3.8, 4) is 0 Å². The van der Waals surface area contributed by atoms with Crippen LogP contribution >= 0.6 is 0 Å². The van der Waals surface area contributed by atoms with Crippen LogP contribution in [0.3, 0.4) is 0 Å². The molecule has 4 atom stereocenters. The number of aliphatic carboxylic acids is 1. The number of benzene rings is 1. The molecule has 1 fully saturated rings. The second-order valence-corrected chi connectivity index (χ2v) is 6.53. The minimum absolute atomic E-state index is 0.0313. The zero-order chi connectivity index (χ0) is 17.1. The molecule has 1 aromatic carbocycles. The topological polar surface area (TPSA) is 80.7 Å². The monoisotopic (exact) mass is 318 g/mol. The third kappa shape index (κ3) is 3.60. The van der Waals surface area contributed by atoms with E-state index in [1.165, 1.54) is 0 Å². The number of hydrogen-bond donors (Lipinski definition) is 1. The summed E-state index contributed by atoms with van der Waals surface area (Å²) < 4.78 is 4.76. The van der Waals surface area contributed by atoms with Gasteiger partial charge in [0.25, 0.3) is 0 Å². The summed E-state index contributed by atoms with van der Waals surface area (Å²) >= 11 is 0. The number of carboxylic acids is 1. The molecular formula is C18H22O5. The lowest BCUT2D eigenvalue weighted by Gasteiger charge is -2.25.